The quantitative estimate of drug-likeness (QED) is 0.523. The van der Waals surface area contributed by atoms with Gasteiger partial charge in [0.15, 0.2) is 0 Å². The van der Waals surface area contributed by atoms with Gasteiger partial charge in [0.25, 0.3) is 0 Å². The lowest BCUT2D eigenvalue weighted by Gasteiger charge is -2.22. The number of hydroxylamine groups is 2. The minimum atomic E-state index is -1.05. The Bertz CT molecular complexity index is 148. The van der Waals surface area contributed by atoms with Crippen molar-refractivity contribution in [1.29, 1.82) is 0 Å². The van der Waals surface area contributed by atoms with Crippen molar-refractivity contribution in [2.45, 2.75) is 45.9 Å². The van der Waals surface area contributed by atoms with E-state index in [-0.39, 0.29) is 0 Å². The summed E-state index contributed by atoms with van der Waals surface area (Å²) in [4.78, 5) is 0. The van der Waals surface area contributed by atoms with E-state index in [2.05, 4.69) is 19.6 Å². The van der Waals surface area contributed by atoms with E-state index in [1.165, 1.54) is 0 Å². The molecule has 0 aromatic carbocycles. The van der Waals surface area contributed by atoms with E-state index in [1.807, 2.05) is 13.8 Å². The third-order valence-corrected chi connectivity index (χ3v) is 3.91. The van der Waals surface area contributed by atoms with Gasteiger partial charge in [0.1, 0.15) is 0 Å². The number of hydrogen-bond acceptors (Lipinski definition) is 3. The second kappa shape index (κ2) is 6.61. The van der Waals surface area contributed by atoms with Crippen LogP contribution in [0.5, 0.6) is 0 Å². The lowest BCUT2D eigenvalue weighted by atomic mass is 9.87. The van der Waals surface area contributed by atoms with Gasteiger partial charge < -0.3 is 9.78 Å². The molecular weight excluding hydrogens is 193 g/mol. The summed E-state index contributed by atoms with van der Waals surface area (Å²) in [5.74, 6) is 0. The maximum atomic E-state index is 9.60. The van der Waals surface area contributed by atoms with Crippen LogP contribution in [0.3, 0.4) is 0 Å². The van der Waals surface area contributed by atoms with Crippen molar-refractivity contribution in [3.05, 3.63) is 0 Å². The van der Waals surface area contributed by atoms with Crippen LogP contribution in [0.4, 0.5) is 0 Å². The van der Waals surface area contributed by atoms with E-state index in [9.17, 15) is 5.02 Å². The fourth-order valence-corrected chi connectivity index (χ4v) is 2.27. The molecule has 0 bridgehead atoms. The first-order chi connectivity index (χ1) is 6.39. The van der Waals surface area contributed by atoms with E-state index in [4.69, 9.17) is 4.76 Å². The Labute approximate surface area is 89.6 Å². The van der Waals surface area contributed by atoms with Crippen LogP contribution in [-0.2, 0) is 4.76 Å². The van der Waals surface area contributed by atoms with Crippen molar-refractivity contribution in [2.75, 3.05) is 13.1 Å². The minimum absolute atomic E-state index is 0.623. The summed E-state index contributed by atoms with van der Waals surface area (Å²) in [6.45, 7) is 12.6. The Kier molecular flexibility index (Phi) is 6.69. The van der Waals surface area contributed by atoms with Gasteiger partial charge >= 0.3 is 7.12 Å². The highest BCUT2D eigenvalue weighted by Crippen LogP contribution is 2.13. The van der Waals surface area contributed by atoms with Gasteiger partial charge in [0, 0.05) is 21.2 Å². The molecule has 0 atom stereocenters. The van der Waals surface area contributed by atoms with Gasteiger partial charge in [-0.15, -0.1) is 0 Å². The maximum Gasteiger partial charge on any atom is 0.471 e. The molecule has 0 saturated carbocycles. The molecule has 0 saturated heterocycles. The monoisotopic (exact) mass is 217 g/mol. The molecule has 14 heavy (non-hydrogen) atoms. The topological polar surface area (TPSA) is 32.7 Å². The highest BCUT2D eigenvalue weighted by molar-refractivity contribution is 6.76. The van der Waals surface area contributed by atoms with Crippen LogP contribution in [0.2, 0.25) is 32.0 Å². The summed E-state index contributed by atoms with van der Waals surface area (Å²) in [6.07, 6.45) is 0.756. The first-order valence-corrected chi connectivity index (χ1v) is 9.19. The van der Waals surface area contributed by atoms with Crippen LogP contribution in [0.1, 0.15) is 13.8 Å². The zero-order valence-electron chi connectivity index (χ0n) is 10.2. The lowest BCUT2D eigenvalue weighted by Crippen LogP contribution is -2.34. The van der Waals surface area contributed by atoms with E-state index >= 15 is 0 Å². The van der Waals surface area contributed by atoms with E-state index in [1.54, 1.807) is 5.06 Å². The molecule has 0 unspecified atom stereocenters. The summed E-state index contributed by atoms with van der Waals surface area (Å²) < 4.78 is 5.36. The molecule has 0 rings (SSSR count). The standard InChI is InChI=1S/C9H24BNO2Si/c1-6-11(7-2)13-10(12)8-9-14(3,4)5/h12H,6-9H2,1-5H3. The summed E-state index contributed by atoms with van der Waals surface area (Å²) in [5, 5.41) is 11.4. The smallest absolute Gasteiger partial charge is 0.426 e. The Morgan fingerprint density at radius 2 is 1.71 bits per heavy atom. The number of nitrogens with zero attached hydrogens (tertiary/aromatic N) is 1. The lowest BCUT2D eigenvalue weighted by molar-refractivity contribution is -0.0682. The normalized spacial score (nSPS) is 12.2. The first-order valence-electron chi connectivity index (χ1n) is 5.48. The van der Waals surface area contributed by atoms with Crippen molar-refractivity contribution in [3.63, 3.8) is 0 Å². The van der Waals surface area contributed by atoms with Gasteiger partial charge in [-0.25, -0.2) is 5.06 Å². The van der Waals surface area contributed by atoms with Crippen molar-refractivity contribution in [3.8, 4) is 0 Å². The third kappa shape index (κ3) is 7.55. The Morgan fingerprint density at radius 3 is 2.07 bits per heavy atom. The van der Waals surface area contributed by atoms with E-state index in [0.29, 0.717) is 0 Å². The van der Waals surface area contributed by atoms with Gasteiger partial charge in [-0.05, 0) is 6.32 Å². The molecule has 0 aromatic rings. The molecule has 0 fully saturated rings. The molecule has 0 heterocycles. The van der Waals surface area contributed by atoms with E-state index < -0.39 is 15.2 Å². The van der Waals surface area contributed by atoms with Gasteiger partial charge in [0.2, 0.25) is 0 Å². The molecule has 0 amide bonds. The highest BCUT2D eigenvalue weighted by atomic mass is 28.3. The molecular formula is C9H24BNO2Si. The van der Waals surface area contributed by atoms with Crippen molar-refractivity contribution >= 4 is 15.2 Å². The highest BCUT2D eigenvalue weighted by Gasteiger charge is 2.21. The Hall–Kier alpha value is 0.162. The molecule has 0 spiro atoms. The predicted molar refractivity (Wildman–Crippen MR) is 64.9 cm³/mol. The summed E-state index contributed by atoms with van der Waals surface area (Å²) in [6, 6.07) is 1.11. The maximum absolute atomic E-state index is 9.60. The molecule has 5 heteroatoms. The largest absolute Gasteiger partial charge is 0.471 e. The molecule has 0 aliphatic carbocycles. The van der Waals surface area contributed by atoms with Crippen molar-refractivity contribution in [2.24, 2.45) is 0 Å². The summed E-state index contributed by atoms with van der Waals surface area (Å²) in [5.41, 5.74) is 0. The molecule has 0 aliphatic rings. The molecule has 0 aromatic heterocycles. The van der Waals surface area contributed by atoms with Crippen LogP contribution in [0.15, 0.2) is 0 Å². The number of rotatable bonds is 7. The predicted octanol–water partition coefficient (Wildman–Crippen LogP) is 2.08. The van der Waals surface area contributed by atoms with Crippen LogP contribution < -0.4 is 0 Å². The van der Waals surface area contributed by atoms with Crippen molar-refractivity contribution < 1.29 is 9.78 Å². The summed E-state index contributed by atoms with van der Waals surface area (Å²) >= 11 is 0. The molecule has 84 valence electrons. The van der Waals surface area contributed by atoms with Crippen LogP contribution in [-0.4, -0.2) is 38.4 Å². The first kappa shape index (κ1) is 14.2. The van der Waals surface area contributed by atoms with Gasteiger partial charge in [-0.1, -0.05) is 39.5 Å². The molecule has 0 radical (unpaired) electrons. The van der Waals surface area contributed by atoms with Gasteiger partial charge in [-0.2, -0.15) is 0 Å². The molecule has 0 aliphatic heterocycles. The fourth-order valence-electron chi connectivity index (χ4n) is 1.15. The zero-order valence-corrected chi connectivity index (χ0v) is 11.2. The van der Waals surface area contributed by atoms with Crippen LogP contribution in [0, 0.1) is 0 Å². The Morgan fingerprint density at radius 1 is 1.21 bits per heavy atom. The molecule has 3 nitrogen and oxygen atoms in total. The number of hydrogen-bond donors (Lipinski definition) is 1. The fraction of sp³-hybridized carbons (Fsp3) is 1.00. The van der Waals surface area contributed by atoms with Gasteiger partial charge in [0.05, 0.1) is 0 Å². The second-order valence-electron chi connectivity index (χ2n) is 4.77. The third-order valence-electron chi connectivity index (χ3n) is 2.12. The van der Waals surface area contributed by atoms with Crippen molar-refractivity contribution in [1.82, 2.24) is 5.06 Å². The van der Waals surface area contributed by atoms with Crippen LogP contribution in [0.25, 0.3) is 0 Å². The SMILES string of the molecule is CCN(CC)OB(O)CC[Si](C)(C)C. The Balaban J connectivity index is 3.69. The summed E-state index contributed by atoms with van der Waals surface area (Å²) in [7, 11) is -1.67. The zero-order chi connectivity index (χ0) is 11.2. The minimum Gasteiger partial charge on any atom is -0.426 e. The second-order valence-corrected chi connectivity index (χ2v) is 10.4. The average Bonchev–Trinajstić information content (AvgIpc) is 2.09. The van der Waals surface area contributed by atoms with Gasteiger partial charge in [-0.3, -0.25) is 0 Å². The molecule has 1 N–H and O–H groups in total. The van der Waals surface area contributed by atoms with E-state index in [0.717, 1.165) is 25.5 Å². The van der Waals surface area contributed by atoms with Crippen LogP contribution >= 0.6 is 0 Å². The average molecular weight is 217 g/mol.